The summed E-state index contributed by atoms with van der Waals surface area (Å²) >= 11 is 15.3. The molecule has 0 saturated heterocycles. The molecule has 0 atom stereocenters. The number of nitrogens with one attached hydrogen (secondary N) is 1. The highest BCUT2D eigenvalue weighted by molar-refractivity contribution is 9.10. The Morgan fingerprint density at radius 2 is 1.63 bits per heavy atom. The summed E-state index contributed by atoms with van der Waals surface area (Å²) in [6.07, 6.45) is 0. The van der Waals surface area contributed by atoms with Crippen LogP contribution in [0.4, 0.5) is 5.69 Å². The van der Waals surface area contributed by atoms with Gasteiger partial charge in [0.2, 0.25) is 0 Å². The van der Waals surface area contributed by atoms with Gasteiger partial charge in [0.1, 0.15) is 5.75 Å². The van der Waals surface area contributed by atoms with Crippen LogP contribution in [0.2, 0.25) is 10.0 Å². The molecule has 0 fully saturated rings. The Kier molecular flexibility index (Phi) is 4.34. The Morgan fingerprint density at radius 1 is 1.11 bits per heavy atom. The van der Waals surface area contributed by atoms with Gasteiger partial charge in [0.25, 0.3) is 5.91 Å². The van der Waals surface area contributed by atoms with Gasteiger partial charge in [-0.05, 0) is 36.4 Å². The maximum atomic E-state index is 12.0. The molecule has 0 spiro atoms. The summed E-state index contributed by atoms with van der Waals surface area (Å²) in [5.74, 6) is -0.262. The predicted octanol–water partition coefficient (Wildman–Crippen LogP) is 4.71. The Morgan fingerprint density at radius 3 is 2.16 bits per heavy atom. The van der Waals surface area contributed by atoms with Gasteiger partial charge in [0.15, 0.2) is 0 Å². The van der Waals surface area contributed by atoms with Crippen molar-refractivity contribution < 1.29 is 9.90 Å². The minimum absolute atomic E-state index is 0.0938. The van der Waals surface area contributed by atoms with E-state index in [1.54, 1.807) is 12.1 Å². The van der Waals surface area contributed by atoms with Crippen molar-refractivity contribution in [3.05, 3.63) is 56.5 Å². The van der Waals surface area contributed by atoms with Crippen LogP contribution in [0.5, 0.6) is 5.75 Å². The lowest BCUT2D eigenvalue weighted by Crippen LogP contribution is -2.12. The highest BCUT2D eigenvalue weighted by Gasteiger charge is 2.12. The number of hydrogen-bond donors (Lipinski definition) is 2. The van der Waals surface area contributed by atoms with E-state index >= 15 is 0 Å². The maximum absolute atomic E-state index is 12.0. The first-order chi connectivity index (χ1) is 8.97. The van der Waals surface area contributed by atoms with E-state index in [2.05, 4.69) is 21.2 Å². The molecule has 0 unspecified atom stereocenters. The van der Waals surface area contributed by atoms with Crippen molar-refractivity contribution in [2.45, 2.75) is 0 Å². The Labute approximate surface area is 128 Å². The van der Waals surface area contributed by atoms with Crippen LogP contribution in [0.15, 0.2) is 40.9 Å². The number of amides is 1. The van der Waals surface area contributed by atoms with Gasteiger partial charge >= 0.3 is 0 Å². The van der Waals surface area contributed by atoms with Crippen molar-refractivity contribution in [1.82, 2.24) is 0 Å². The van der Waals surface area contributed by atoms with Crippen molar-refractivity contribution in [3.8, 4) is 5.75 Å². The van der Waals surface area contributed by atoms with Crippen LogP contribution < -0.4 is 5.32 Å². The van der Waals surface area contributed by atoms with Gasteiger partial charge in [-0.1, -0.05) is 39.1 Å². The van der Waals surface area contributed by atoms with Crippen LogP contribution in [-0.2, 0) is 0 Å². The number of halogens is 3. The quantitative estimate of drug-likeness (QED) is 0.814. The fourth-order valence-corrected chi connectivity index (χ4v) is 2.76. The molecule has 1 amide bonds. The van der Waals surface area contributed by atoms with E-state index in [0.717, 1.165) is 4.47 Å². The van der Waals surface area contributed by atoms with Crippen LogP contribution in [0, 0.1) is 0 Å². The number of carbonyl (C=O) groups excluding carboxylic acids is 1. The average molecular weight is 361 g/mol. The second kappa shape index (κ2) is 5.82. The van der Waals surface area contributed by atoms with Crippen molar-refractivity contribution in [2.24, 2.45) is 0 Å². The summed E-state index contributed by atoms with van der Waals surface area (Å²) in [5, 5.41) is 12.5. The molecule has 2 N–H and O–H groups in total. The van der Waals surface area contributed by atoms with Crippen LogP contribution in [0.1, 0.15) is 10.4 Å². The molecular formula is C13H8BrCl2NO2. The smallest absolute Gasteiger partial charge is 0.255 e. The molecule has 0 aliphatic rings. The molecule has 0 aliphatic carbocycles. The van der Waals surface area contributed by atoms with Crippen LogP contribution in [-0.4, -0.2) is 11.0 Å². The van der Waals surface area contributed by atoms with E-state index in [-0.39, 0.29) is 11.7 Å². The molecule has 0 heterocycles. The molecule has 19 heavy (non-hydrogen) atoms. The minimum Gasteiger partial charge on any atom is -0.508 e. The fraction of sp³-hybridized carbons (Fsp3) is 0. The molecule has 3 nitrogen and oxygen atoms in total. The molecule has 0 aliphatic heterocycles. The van der Waals surface area contributed by atoms with Gasteiger partial charge in [-0.3, -0.25) is 4.79 Å². The van der Waals surface area contributed by atoms with Crippen LogP contribution >= 0.6 is 39.1 Å². The second-order valence-corrected chi connectivity index (χ2v) is 5.48. The third kappa shape index (κ3) is 3.41. The third-order valence-corrected chi connectivity index (χ3v) is 3.43. The fourth-order valence-electron chi connectivity index (χ4n) is 1.46. The van der Waals surface area contributed by atoms with Gasteiger partial charge in [0, 0.05) is 10.0 Å². The number of anilines is 1. The third-order valence-electron chi connectivity index (χ3n) is 2.37. The lowest BCUT2D eigenvalue weighted by Gasteiger charge is -2.10. The number of rotatable bonds is 2. The number of phenolic OH excluding ortho intramolecular Hbond substituents is 1. The van der Waals surface area contributed by atoms with Gasteiger partial charge in [-0.2, -0.15) is 0 Å². The summed E-state index contributed by atoms with van der Waals surface area (Å²) < 4.78 is 0.727. The van der Waals surface area contributed by atoms with Gasteiger partial charge < -0.3 is 10.4 Å². The molecule has 98 valence electrons. The summed E-state index contributed by atoms with van der Waals surface area (Å²) in [6.45, 7) is 0. The topological polar surface area (TPSA) is 49.3 Å². The van der Waals surface area contributed by atoms with Gasteiger partial charge in [-0.25, -0.2) is 0 Å². The molecule has 2 aromatic rings. The zero-order valence-electron chi connectivity index (χ0n) is 9.45. The molecule has 0 aromatic heterocycles. The number of carbonyl (C=O) groups is 1. The second-order valence-electron chi connectivity index (χ2n) is 3.75. The normalized spacial score (nSPS) is 10.3. The number of hydrogen-bond acceptors (Lipinski definition) is 2. The van der Waals surface area contributed by atoms with Gasteiger partial charge in [0.05, 0.1) is 15.7 Å². The predicted molar refractivity (Wildman–Crippen MR) is 80.2 cm³/mol. The molecule has 0 bridgehead atoms. The summed E-state index contributed by atoms with van der Waals surface area (Å²) in [4.78, 5) is 12.0. The SMILES string of the molecule is O=C(Nc1c(Cl)cc(Br)cc1Cl)c1ccc(O)cc1. The van der Waals surface area contributed by atoms with E-state index in [1.165, 1.54) is 24.3 Å². The first-order valence-corrected chi connectivity index (χ1v) is 6.77. The molecule has 2 aromatic carbocycles. The molecule has 2 rings (SSSR count). The number of aromatic hydroxyl groups is 1. The monoisotopic (exact) mass is 359 g/mol. The maximum Gasteiger partial charge on any atom is 0.255 e. The van der Waals surface area contributed by atoms with Crippen molar-refractivity contribution in [1.29, 1.82) is 0 Å². The summed E-state index contributed by atoms with van der Waals surface area (Å²) in [6, 6.07) is 9.15. The van der Waals surface area contributed by atoms with Crippen molar-refractivity contribution >= 4 is 50.7 Å². The lowest BCUT2D eigenvalue weighted by molar-refractivity contribution is 0.102. The summed E-state index contributed by atoms with van der Waals surface area (Å²) in [7, 11) is 0. The van der Waals surface area contributed by atoms with E-state index in [1.807, 2.05) is 0 Å². The molecule has 6 heteroatoms. The zero-order chi connectivity index (χ0) is 14.0. The average Bonchev–Trinajstić information content (AvgIpc) is 2.34. The molecule has 0 saturated carbocycles. The highest BCUT2D eigenvalue weighted by Crippen LogP contribution is 2.34. The first kappa shape index (κ1) is 14.2. The van der Waals surface area contributed by atoms with Crippen LogP contribution in [0.25, 0.3) is 0 Å². The number of benzene rings is 2. The lowest BCUT2D eigenvalue weighted by atomic mass is 10.2. The molecule has 0 radical (unpaired) electrons. The Balaban J connectivity index is 2.26. The zero-order valence-corrected chi connectivity index (χ0v) is 12.6. The van der Waals surface area contributed by atoms with E-state index < -0.39 is 0 Å². The summed E-state index contributed by atoms with van der Waals surface area (Å²) in [5.41, 5.74) is 0.748. The minimum atomic E-state index is -0.355. The highest BCUT2D eigenvalue weighted by atomic mass is 79.9. The Bertz CT molecular complexity index is 606. The van der Waals surface area contributed by atoms with E-state index in [4.69, 9.17) is 28.3 Å². The number of phenols is 1. The molecular weight excluding hydrogens is 353 g/mol. The van der Waals surface area contributed by atoms with Crippen molar-refractivity contribution in [2.75, 3.05) is 5.32 Å². The largest absolute Gasteiger partial charge is 0.508 e. The van der Waals surface area contributed by atoms with E-state index in [9.17, 15) is 4.79 Å². The van der Waals surface area contributed by atoms with Crippen molar-refractivity contribution in [3.63, 3.8) is 0 Å². The van der Waals surface area contributed by atoms with E-state index in [0.29, 0.717) is 21.3 Å². The van der Waals surface area contributed by atoms with Gasteiger partial charge in [-0.15, -0.1) is 0 Å². The first-order valence-electron chi connectivity index (χ1n) is 5.22. The van der Waals surface area contributed by atoms with Crippen LogP contribution in [0.3, 0.4) is 0 Å². The Hall–Kier alpha value is -1.23. The standard InChI is InChI=1S/C13H8BrCl2NO2/c14-8-5-10(15)12(11(16)6-8)17-13(19)7-1-3-9(18)4-2-7/h1-6,18H,(H,17,19).